The summed E-state index contributed by atoms with van der Waals surface area (Å²) < 4.78 is 11.1. The molecule has 0 aliphatic heterocycles. The van der Waals surface area contributed by atoms with Crippen molar-refractivity contribution in [3.05, 3.63) is 36.0 Å². The van der Waals surface area contributed by atoms with Gasteiger partial charge in [-0.3, -0.25) is 4.79 Å². The first-order chi connectivity index (χ1) is 12.3. The SMILES string of the molecule is CC(C)C[C@H](N[P+](=O)O)C(=O)N[C@@H](Cc1c[nH]c2ccccc12)C(=O)O. The van der Waals surface area contributed by atoms with Gasteiger partial charge in [-0.15, -0.1) is 4.89 Å². The van der Waals surface area contributed by atoms with E-state index in [1.54, 1.807) is 6.20 Å². The maximum atomic E-state index is 12.4. The summed E-state index contributed by atoms with van der Waals surface area (Å²) in [6.07, 6.45) is 2.14. The summed E-state index contributed by atoms with van der Waals surface area (Å²) >= 11 is 0. The number of benzene rings is 1. The molecule has 2 aromatic rings. The van der Waals surface area contributed by atoms with Crippen molar-refractivity contribution in [3.8, 4) is 0 Å². The first-order valence-corrected chi connectivity index (χ1v) is 9.49. The second-order valence-corrected chi connectivity index (χ2v) is 7.35. The summed E-state index contributed by atoms with van der Waals surface area (Å²) in [5.74, 6) is -1.69. The van der Waals surface area contributed by atoms with Gasteiger partial charge in [-0.1, -0.05) is 37.1 Å². The molecule has 1 aromatic heterocycles. The van der Waals surface area contributed by atoms with Gasteiger partial charge in [-0.05, 0) is 28.5 Å². The number of aliphatic carboxylic acids is 1. The molecule has 0 radical (unpaired) electrons. The molecule has 1 heterocycles. The number of carbonyl (C=O) groups is 2. The third-order valence-corrected chi connectivity index (χ3v) is 4.54. The van der Waals surface area contributed by atoms with Crippen molar-refractivity contribution in [1.29, 1.82) is 0 Å². The highest BCUT2D eigenvalue weighted by Crippen LogP contribution is 2.19. The number of fused-ring (bicyclic) bond motifs is 1. The van der Waals surface area contributed by atoms with Gasteiger partial charge in [0.15, 0.2) is 0 Å². The van der Waals surface area contributed by atoms with Crippen LogP contribution in [0.2, 0.25) is 0 Å². The third-order valence-electron chi connectivity index (χ3n) is 4.00. The number of rotatable bonds is 9. The number of aromatic amines is 1. The molecule has 0 fully saturated rings. The van der Waals surface area contributed by atoms with Crippen LogP contribution >= 0.6 is 8.18 Å². The van der Waals surface area contributed by atoms with Crippen molar-refractivity contribution in [1.82, 2.24) is 15.4 Å². The summed E-state index contributed by atoms with van der Waals surface area (Å²) in [6.45, 7) is 3.74. The van der Waals surface area contributed by atoms with Gasteiger partial charge < -0.3 is 15.4 Å². The summed E-state index contributed by atoms with van der Waals surface area (Å²) in [5.41, 5.74) is 1.66. The van der Waals surface area contributed by atoms with Crippen LogP contribution in [-0.2, 0) is 20.6 Å². The highest BCUT2D eigenvalue weighted by atomic mass is 31.1. The topological polar surface area (TPSA) is 132 Å². The lowest BCUT2D eigenvalue weighted by Gasteiger charge is -2.19. The Hall–Kier alpha value is -2.28. The maximum Gasteiger partial charge on any atom is 0.611 e. The number of H-pyrrole nitrogens is 1. The Morgan fingerprint density at radius 3 is 2.54 bits per heavy atom. The van der Waals surface area contributed by atoms with E-state index in [4.69, 9.17) is 4.89 Å². The molecule has 1 amide bonds. The molecule has 3 atom stereocenters. The molecule has 26 heavy (non-hydrogen) atoms. The van der Waals surface area contributed by atoms with Crippen LogP contribution in [0.1, 0.15) is 25.8 Å². The molecule has 0 bridgehead atoms. The number of para-hydroxylation sites is 1. The molecule has 0 aliphatic rings. The lowest BCUT2D eigenvalue weighted by Crippen LogP contribution is -2.50. The van der Waals surface area contributed by atoms with Crippen LogP contribution in [-0.4, -0.2) is 38.9 Å². The molecular formula is C17H23N3O5P+. The Morgan fingerprint density at radius 1 is 1.23 bits per heavy atom. The zero-order valence-electron chi connectivity index (χ0n) is 14.6. The fourth-order valence-corrected chi connectivity index (χ4v) is 3.31. The number of aromatic nitrogens is 1. The van der Waals surface area contributed by atoms with Crippen molar-refractivity contribution < 1.29 is 24.2 Å². The Morgan fingerprint density at radius 2 is 1.92 bits per heavy atom. The molecule has 8 nitrogen and oxygen atoms in total. The smallest absolute Gasteiger partial charge is 0.480 e. The zero-order chi connectivity index (χ0) is 19.3. The third kappa shape index (κ3) is 5.36. The van der Waals surface area contributed by atoms with Gasteiger partial charge in [0.2, 0.25) is 5.91 Å². The minimum atomic E-state index is -2.72. The lowest BCUT2D eigenvalue weighted by atomic mass is 10.0. The fraction of sp³-hybridized carbons (Fsp3) is 0.412. The second-order valence-electron chi connectivity index (χ2n) is 6.55. The van der Waals surface area contributed by atoms with Crippen LogP contribution in [0.4, 0.5) is 0 Å². The molecule has 1 unspecified atom stereocenters. The van der Waals surface area contributed by atoms with Crippen molar-refractivity contribution in [2.45, 2.75) is 38.8 Å². The molecule has 0 saturated heterocycles. The number of nitrogens with one attached hydrogen (secondary N) is 3. The second kappa shape index (κ2) is 8.89. The summed E-state index contributed by atoms with van der Waals surface area (Å²) in [6, 6.07) is 5.41. The first kappa shape index (κ1) is 20.0. The highest BCUT2D eigenvalue weighted by molar-refractivity contribution is 7.35. The van der Waals surface area contributed by atoms with Crippen LogP contribution in [0.15, 0.2) is 30.5 Å². The van der Waals surface area contributed by atoms with Crippen molar-refractivity contribution in [2.24, 2.45) is 5.92 Å². The molecular weight excluding hydrogens is 357 g/mol. The molecule has 0 spiro atoms. The number of carboxylic acid groups (broad SMARTS) is 1. The van der Waals surface area contributed by atoms with Gasteiger partial charge in [0, 0.05) is 23.5 Å². The van der Waals surface area contributed by atoms with Gasteiger partial charge in [0.05, 0.1) is 0 Å². The van der Waals surface area contributed by atoms with E-state index in [1.165, 1.54) is 0 Å². The number of hydrogen-bond donors (Lipinski definition) is 5. The predicted molar refractivity (Wildman–Crippen MR) is 97.8 cm³/mol. The Bertz CT molecular complexity index is 805. The van der Waals surface area contributed by atoms with Crippen LogP contribution in [0, 0.1) is 5.92 Å². The van der Waals surface area contributed by atoms with E-state index in [-0.39, 0.29) is 12.3 Å². The fourth-order valence-electron chi connectivity index (χ4n) is 2.82. The number of hydrogen-bond acceptors (Lipinski definition) is 3. The summed E-state index contributed by atoms with van der Waals surface area (Å²) in [4.78, 5) is 36.2. The van der Waals surface area contributed by atoms with E-state index in [2.05, 4.69) is 15.4 Å². The van der Waals surface area contributed by atoms with Crippen LogP contribution in [0.5, 0.6) is 0 Å². The summed E-state index contributed by atoms with van der Waals surface area (Å²) in [5, 5.41) is 15.2. The van der Waals surface area contributed by atoms with E-state index >= 15 is 0 Å². The average Bonchev–Trinajstić information content (AvgIpc) is 2.95. The standard InChI is InChI=1S/C17H22N3O5P/c1-10(2)7-14(20-26(24)25)16(21)19-15(17(22)23)8-11-9-18-13-6-4-3-5-12(11)13/h3-6,9-10,14-15,18H,7-8H2,1-2H3,(H3-,19,20,21,22,23,24,25)/p+1/t14-,15-/m0/s1. The highest BCUT2D eigenvalue weighted by Gasteiger charge is 2.31. The van der Waals surface area contributed by atoms with Gasteiger partial charge in [0.1, 0.15) is 12.1 Å². The molecule has 9 heteroatoms. The van der Waals surface area contributed by atoms with Gasteiger partial charge in [-0.25, -0.2) is 4.79 Å². The van der Waals surface area contributed by atoms with E-state index in [0.717, 1.165) is 16.5 Å². The monoisotopic (exact) mass is 380 g/mol. The van der Waals surface area contributed by atoms with Crippen LogP contribution in [0.3, 0.4) is 0 Å². The van der Waals surface area contributed by atoms with Gasteiger partial charge in [-0.2, -0.15) is 0 Å². The Balaban J connectivity index is 2.14. The van der Waals surface area contributed by atoms with Crippen molar-refractivity contribution >= 4 is 31.0 Å². The Labute approximate surface area is 151 Å². The number of carbonyl (C=O) groups excluding carboxylic acids is 1. The summed E-state index contributed by atoms with van der Waals surface area (Å²) in [7, 11) is -2.72. The average molecular weight is 380 g/mol. The molecule has 140 valence electrons. The quantitative estimate of drug-likeness (QED) is 0.423. The van der Waals surface area contributed by atoms with Crippen molar-refractivity contribution in [2.75, 3.05) is 0 Å². The largest absolute Gasteiger partial charge is 0.611 e. The van der Waals surface area contributed by atoms with E-state index in [0.29, 0.717) is 6.42 Å². The minimum Gasteiger partial charge on any atom is -0.480 e. The van der Waals surface area contributed by atoms with Crippen LogP contribution in [0.25, 0.3) is 10.9 Å². The molecule has 5 N–H and O–H groups in total. The predicted octanol–water partition coefficient (Wildman–Crippen LogP) is 1.93. The number of amides is 1. The molecule has 0 saturated carbocycles. The van der Waals surface area contributed by atoms with Gasteiger partial charge in [0.25, 0.3) is 0 Å². The van der Waals surface area contributed by atoms with Gasteiger partial charge >= 0.3 is 14.1 Å². The number of carboxylic acids is 1. The van der Waals surface area contributed by atoms with E-state index in [9.17, 15) is 19.3 Å². The lowest BCUT2D eigenvalue weighted by molar-refractivity contribution is -0.142. The van der Waals surface area contributed by atoms with Crippen LogP contribution < -0.4 is 10.4 Å². The molecule has 2 rings (SSSR count). The Kier molecular flexibility index (Phi) is 6.85. The maximum absolute atomic E-state index is 12.4. The first-order valence-electron chi connectivity index (χ1n) is 8.28. The zero-order valence-corrected chi connectivity index (χ0v) is 15.5. The normalized spacial score (nSPS) is 14.2. The van der Waals surface area contributed by atoms with E-state index < -0.39 is 32.1 Å². The minimum absolute atomic E-state index is 0.0881. The van der Waals surface area contributed by atoms with Crippen molar-refractivity contribution in [3.63, 3.8) is 0 Å². The molecule has 0 aliphatic carbocycles. The molecule has 1 aromatic carbocycles. The van der Waals surface area contributed by atoms with E-state index in [1.807, 2.05) is 38.1 Å².